The Labute approximate surface area is 98.2 Å². The van der Waals surface area contributed by atoms with Crippen LogP contribution in [0.25, 0.3) is 0 Å². The molecule has 1 unspecified atom stereocenters. The van der Waals surface area contributed by atoms with Crippen molar-refractivity contribution in [1.29, 1.82) is 0 Å². The van der Waals surface area contributed by atoms with Crippen molar-refractivity contribution in [2.24, 2.45) is 7.05 Å². The highest BCUT2D eigenvalue weighted by Gasteiger charge is 2.29. The van der Waals surface area contributed by atoms with Crippen LogP contribution in [0.1, 0.15) is 38.1 Å². The Morgan fingerprint density at radius 3 is 2.65 bits per heavy atom. The molecule has 1 aromatic heterocycles. The SMILES string of the molecule is CCCNC(CCC(F)(F)F)c1ncnn1C. The maximum absolute atomic E-state index is 12.2. The van der Waals surface area contributed by atoms with Crippen LogP contribution in [0.15, 0.2) is 6.33 Å². The fraction of sp³-hybridized carbons (Fsp3) is 0.800. The minimum atomic E-state index is -4.13. The third kappa shape index (κ3) is 4.72. The van der Waals surface area contributed by atoms with Crippen LogP contribution in [0, 0.1) is 0 Å². The topological polar surface area (TPSA) is 42.7 Å². The lowest BCUT2D eigenvalue weighted by atomic mass is 10.1. The number of hydrogen-bond acceptors (Lipinski definition) is 3. The highest BCUT2D eigenvalue weighted by atomic mass is 19.4. The maximum atomic E-state index is 12.2. The van der Waals surface area contributed by atoms with Gasteiger partial charge in [-0.25, -0.2) is 4.98 Å². The highest BCUT2D eigenvalue weighted by molar-refractivity contribution is 4.93. The molecule has 1 heterocycles. The van der Waals surface area contributed by atoms with E-state index in [4.69, 9.17) is 0 Å². The normalized spacial score (nSPS) is 13.9. The van der Waals surface area contributed by atoms with Crippen LogP contribution < -0.4 is 5.32 Å². The van der Waals surface area contributed by atoms with Crippen LogP contribution in [0.5, 0.6) is 0 Å². The van der Waals surface area contributed by atoms with Crippen LogP contribution in [-0.4, -0.2) is 27.5 Å². The van der Waals surface area contributed by atoms with Crippen LogP contribution in [-0.2, 0) is 7.05 Å². The number of nitrogens with one attached hydrogen (secondary N) is 1. The monoisotopic (exact) mass is 250 g/mol. The summed E-state index contributed by atoms with van der Waals surface area (Å²) in [4.78, 5) is 3.99. The molecule has 0 bridgehead atoms. The quantitative estimate of drug-likeness (QED) is 0.841. The van der Waals surface area contributed by atoms with E-state index in [0.29, 0.717) is 12.4 Å². The first kappa shape index (κ1) is 14.0. The Balaban J connectivity index is 2.64. The van der Waals surface area contributed by atoms with Gasteiger partial charge in [-0.2, -0.15) is 18.3 Å². The summed E-state index contributed by atoms with van der Waals surface area (Å²) in [7, 11) is 1.68. The van der Waals surface area contributed by atoms with Crippen molar-refractivity contribution >= 4 is 0 Å². The molecule has 7 heteroatoms. The van der Waals surface area contributed by atoms with Gasteiger partial charge in [-0.05, 0) is 19.4 Å². The van der Waals surface area contributed by atoms with E-state index in [2.05, 4.69) is 15.4 Å². The van der Waals surface area contributed by atoms with E-state index in [1.807, 2.05) is 6.92 Å². The zero-order valence-electron chi connectivity index (χ0n) is 9.96. The minimum Gasteiger partial charge on any atom is -0.307 e. The number of halogens is 3. The summed E-state index contributed by atoms with van der Waals surface area (Å²) in [6.45, 7) is 2.62. The molecule has 0 fully saturated rings. The van der Waals surface area contributed by atoms with Gasteiger partial charge in [-0.3, -0.25) is 4.68 Å². The van der Waals surface area contributed by atoms with E-state index in [1.54, 1.807) is 7.05 Å². The summed E-state index contributed by atoms with van der Waals surface area (Å²) < 4.78 is 38.1. The number of hydrogen-bond donors (Lipinski definition) is 1. The summed E-state index contributed by atoms with van der Waals surface area (Å²) in [5.74, 6) is 0.544. The van der Waals surface area contributed by atoms with Gasteiger partial charge in [0.25, 0.3) is 0 Å². The van der Waals surface area contributed by atoms with Gasteiger partial charge < -0.3 is 5.32 Å². The lowest BCUT2D eigenvalue weighted by Crippen LogP contribution is -2.26. The molecule has 0 aliphatic rings. The van der Waals surface area contributed by atoms with Crippen molar-refractivity contribution in [2.75, 3.05) is 6.54 Å². The zero-order valence-corrected chi connectivity index (χ0v) is 9.96. The lowest BCUT2D eigenvalue weighted by Gasteiger charge is -2.18. The standard InChI is InChI=1S/C10H17F3N4/c1-3-6-14-8(4-5-10(11,12)13)9-15-7-16-17(9)2/h7-8,14H,3-6H2,1-2H3. The number of aryl methyl sites for hydroxylation is 1. The number of nitrogens with zero attached hydrogens (tertiary/aromatic N) is 3. The Hall–Kier alpha value is -1.11. The minimum absolute atomic E-state index is 0.0178. The van der Waals surface area contributed by atoms with E-state index in [-0.39, 0.29) is 6.42 Å². The number of aromatic nitrogens is 3. The second-order valence-corrected chi connectivity index (χ2v) is 3.90. The van der Waals surface area contributed by atoms with Crippen LogP contribution in [0.4, 0.5) is 13.2 Å². The number of alkyl halides is 3. The molecule has 17 heavy (non-hydrogen) atoms. The predicted molar refractivity (Wildman–Crippen MR) is 57.3 cm³/mol. The molecular formula is C10H17F3N4. The predicted octanol–water partition coefficient (Wildman–Crippen LogP) is 2.20. The van der Waals surface area contributed by atoms with Gasteiger partial charge in [0, 0.05) is 13.5 Å². The van der Waals surface area contributed by atoms with Crippen molar-refractivity contribution in [1.82, 2.24) is 20.1 Å². The molecule has 4 nitrogen and oxygen atoms in total. The first-order chi connectivity index (χ1) is 7.94. The van der Waals surface area contributed by atoms with Crippen molar-refractivity contribution < 1.29 is 13.2 Å². The van der Waals surface area contributed by atoms with Gasteiger partial charge in [0.05, 0.1) is 6.04 Å². The lowest BCUT2D eigenvalue weighted by molar-refractivity contribution is -0.136. The fourth-order valence-electron chi connectivity index (χ4n) is 1.57. The zero-order chi connectivity index (χ0) is 12.9. The summed E-state index contributed by atoms with van der Waals surface area (Å²) in [6.07, 6.45) is -2.76. The molecule has 0 aliphatic heterocycles. The van der Waals surface area contributed by atoms with Gasteiger partial charge in [0.15, 0.2) is 0 Å². The average Bonchev–Trinajstić information content (AvgIpc) is 2.63. The summed E-state index contributed by atoms with van der Waals surface area (Å²) >= 11 is 0. The molecule has 0 aliphatic carbocycles. The molecule has 0 saturated heterocycles. The first-order valence-corrected chi connectivity index (χ1v) is 5.58. The van der Waals surface area contributed by atoms with Gasteiger partial charge in [-0.15, -0.1) is 0 Å². The largest absolute Gasteiger partial charge is 0.389 e. The fourth-order valence-corrected chi connectivity index (χ4v) is 1.57. The maximum Gasteiger partial charge on any atom is 0.389 e. The Morgan fingerprint density at radius 1 is 1.47 bits per heavy atom. The van der Waals surface area contributed by atoms with Crippen molar-refractivity contribution in [3.8, 4) is 0 Å². The third-order valence-corrected chi connectivity index (χ3v) is 2.42. The van der Waals surface area contributed by atoms with Gasteiger partial charge in [0.2, 0.25) is 0 Å². The average molecular weight is 250 g/mol. The molecule has 0 radical (unpaired) electrons. The second-order valence-electron chi connectivity index (χ2n) is 3.90. The first-order valence-electron chi connectivity index (χ1n) is 5.58. The second kappa shape index (κ2) is 6.00. The Bertz CT molecular complexity index is 335. The van der Waals surface area contributed by atoms with Gasteiger partial charge >= 0.3 is 6.18 Å². The van der Waals surface area contributed by atoms with Crippen LogP contribution >= 0.6 is 0 Å². The van der Waals surface area contributed by atoms with E-state index < -0.39 is 18.6 Å². The molecule has 1 atom stereocenters. The third-order valence-electron chi connectivity index (χ3n) is 2.42. The van der Waals surface area contributed by atoms with Crippen LogP contribution in [0.2, 0.25) is 0 Å². The van der Waals surface area contributed by atoms with E-state index >= 15 is 0 Å². The van der Waals surface area contributed by atoms with Crippen LogP contribution in [0.3, 0.4) is 0 Å². The molecular weight excluding hydrogens is 233 g/mol. The van der Waals surface area contributed by atoms with E-state index in [9.17, 15) is 13.2 Å². The molecule has 0 saturated carbocycles. The van der Waals surface area contributed by atoms with Crippen molar-refractivity contribution in [3.63, 3.8) is 0 Å². The summed E-state index contributed by atoms with van der Waals surface area (Å²) in [5.41, 5.74) is 0. The molecule has 0 spiro atoms. The Morgan fingerprint density at radius 2 is 2.18 bits per heavy atom. The van der Waals surface area contributed by atoms with E-state index in [1.165, 1.54) is 11.0 Å². The molecule has 1 N–H and O–H groups in total. The highest BCUT2D eigenvalue weighted by Crippen LogP contribution is 2.26. The van der Waals surface area contributed by atoms with Crippen molar-refractivity contribution in [2.45, 2.75) is 38.4 Å². The molecule has 1 rings (SSSR count). The molecule has 1 aromatic rings. The smallest absolute Gasteiger partial charge is 0.307 e. The van der Waals surface area contributed by atoms with Gasteiger partial charge in [0.1, 0.15) is 12.2 Å². The van der Waals surface area contributed by atoms with Crippen molar-refractivity contribution in [3.05, 3.63) is 12.2 Å². The molecule has 98 valence electrons. The summed E-state index contributed by atoms with van der Waals surface area (Å²) in [5, 5.41) is 6.94. The summed E-state index contributed by atoms with van der Waals surface area (Å²) in [6, 6.07) is -0.399. The van der Waals surface area contributed by atoms with Gasteiger partial charge in [-0.1, -0.05) is 6.92 Å². The van der Waals surface area contributed by atoms with E-state index in [0.717, 1.165) is 6.42 Å². The molecule has 0 amide bonds. The Kier molecular flexibility index (Phi) is 4.92. The number of rotatable bonds is 6. The molecule has 0 aromatic carbocycles.